The van der Waals surface area contributed by atoms with E-state index >= 15 is 0 Å². The molecule has 3 rings (SSSR count). The predicted octanol–water partition coefficient (Wildman–Crippen LogP) is 2.40. The summed E-state index contributed by atoms with van der Waals surface area (Å²) in [6.07, 6.45) is 2.18. The number of rotatable bonds is 4. The van der Waals surface area contributed by atoms with E-state index < -0.39 is 0 Å². The third-order valence-electron chi connectivity index (χ3n) is 3.47. The third-order valence-corrected chi connectivity index (χ3v) is 3.47. The average molecular weight is 285 g/mol. The zero-order chi connectivity index (χ0) is 14.7. The summed E-state index contributed by atoms with van der Waals surface area (Å²) in [5.74, 6) is 1.17. The highest BCUT2D eigenvalue weighted by Gasteiger charge is 2.21. The Bertz CT molecular complexity index is 631. The number of aromatic nitrogens is 3. The van der Waals surface area contributed by atoms with Crippen LogP contribution in [-0.4, -0.2) is 35.2 Å². The molecule has 1 aromatic heterocycles. The smallest absolute Gasteiger partial charge is 0.322 e. The number of para-hydroxylation sites is 1. The lowest BCUT2D eigenvalue weighted by molar-refractivity contribution is 0.379. The van der Waals surface area contributed by atoms with Gasteiger partial charge in [0.25, 0.3) is 0 Å². The first-order valence-electron chi connectivity index (χ1n) is 7.21. The zero-order valence-electron chi connectivity index (χ0n) is 12.3. The van der Waals surface area contributed by atoms with Crippen LogP contribution in [0.25, 0.3) is 0 Å². The molecule has 1 aromatic carbocycles. The lowest BCUT2D eigenvalue weighted by atomic mass is 10.0. The second-order valence-corrected chi connectivity index (χ2v) is 4.86. The van der Waals surface area contributed by atoms with E-state index in [2.05, 4.69) is 43.4 Å². The van der Waals surface area contributed by atoms with Crippen molar-refractivity contribution in [1.82, 2.24) is 15.0 Å². The summed E-state index contributed by atoms with van der Waals surface area (Å²) >= 11 is 0. The number of nitrogens with one attached hydrogen (secondary N) is 1. The van der Waals surface area contributed by atoms with Gasteiger partial charge in [-0.2, -0.15) is 15.0 Å². The van der Waals surface area contributed by atoms with Gasteiger partial charge in [0.2, 0.25) is 11.9 Å². The van der Waals surface area contributed by atoms with Gasteiger partial charge >= 0.3 is 6.01 Å². The Labute approximate surface area is 124 Å². The molecule has 1 N–H and O–H groups in total. The number of aryl methyl sites for hydroxylation is 1. The van der Waals surface area contributed by atoms with Crippen molar-refractivity contribution in [2.75, 3.05) is 30.4 Å². The summed E-state index contributed by atoms with van der Waals surface area (Å²) in [5, 5.41) is 3.12. The summed E-state index contributed by atoms with van der Waals surface area (Å²) in [6.45, 7) is 3.66. The molecule has 6 heteroatoms. The zero-order valence-corrected chi connectivity index (χ0v) is 12.3. The van der Waals surface area contributed by atoms with Gasteiger partial charge in [-0.15, -0.1) is 0 Å². The molecular weight excluding hydrogens is 266 g/mol. The van der Waals surface area contributed by atoms with Crippen molar-refractivity contribution >= 4 is 17.6 Å². The van der Waals surface area contributed by atoms with Crippen molar-refractivity contribution in [2.24, 2.45) is 0 Å². The van der Waals surface area contributed by atoms with E-state index in [0.29, 0.717) is 17.9 Å². The van der Waals surface area contributed by atoms with E-state index in [1.54, 1.807) is 7.11 Å². The highest BCUT2D eigenvalue weighted by molar-refractivity contribution is 5.64. The van der Waals surface area contributed by atoms with Crippen LogP contribution in [0.2, 0.25) is 0 Å². The standard InChI is InChI=1S/C15H19N5O/c1-3-16-13-17-14(19-15(18-13)21-2)20-10-6-8-11-7-4-5-9-12(11)20/h4-5,7,9H,3,6,8,10H2,1-2H3,(H,16,17,18,19). The van der Waals surface area contributed by atoms with Gasteiger partial charge < -0.3 is 15.0 Å². The molecule has 2 aromatic rings. The quantitative estimate of drug-likeness (QED) is 0.930. The molecule has 0 atom stereocenters. The Morgan fingerprint density at radius 1 is 1.24 bits per heavy atom. The van der Waals surface area contributed by atoms with Crippen molar-refractivity contribution in [3.8, 4) is 6.01 Å². The first-order chi connectivity index (χ1) is 10.3. The minimum Gasteiger partial charge on any atom is -0.467 e. The third kappa shape index (κ3) is 2.74. The van der Waals surface area contributed by atoms with Crippen molar-refractivity contribution in [3.05, 3.63) is 29.8 Å². The van der Waals surface area contributed by atoms with Crippen LogP contribution in [0.1, 0.15) is 18.9 Å². The first kappa shape index (κ1) is 13.6. The van der Waals surface area contributed by atoms with Crippen LogP contribution < -0.4 is 15.0 Å². The average Bonchev–Trinajstić information content (AvgIpc) is 2.54. The molecule has 2 heterocycles. The van der Waals surface area contributed by atoms with Gasteiger partial charge in [-0.1, -0.05) is 18.2 Å². The Morgan fingerprint density at radius 3 is 2.90 bits per heavy atom. The van der Waals surface area contributed by atoms with Crippen molar-refractivity contribution in [3.63, 3.8) is 0 Å². The van der Waals surface area contributed by atoms with Crippen LogP contribution in [0.15, 0.2) is 24.3 Å². The van der Waals surface area contributed by atoms with Gasteiger partial charge in [0, 0.05) is 18.8 Å². The topological polar surface area (TPSA) is 63.2 Å². The summed E-state index contributed by atoms with van der Waals surface area (Å²) in [5.41, 5.74) is 2.49. The predicted molar refractivity (Wildman–Crippen MR) is 82.3 cm³/mol. The van der Waals surface area contributed by atoms with Crippen LogP contribution >= 0.6 is 0 Å². The van der Waals surface area contributed by atoms with E-state index in [0.717, 1.165) is 25.9 Å². The molecule has 0 saturated carbocycles. The number of hydrogen-bond donors (Lipinski definition) is 1. The second kappa shape index (κ2) is 5.95. The van der Waals surface area contributed by atoms with Crippen LogP contribution in [0.4, 0.5) is 17.6 Å². The number of nitrogens with zero attached hydrogens (tertiary/aromatic N) is 4. The van der Waals surface area contributed by atoms with Crippen LogP contribution in [-0.2, 0) is 6.42 Å². The molecule has 0 fully saturated rings. The van der Waals surface area contributed by atoms with Gasteiger partial charge in [0.1, 0.15) is 0 Å². The Morgan fingerprint density at radius 2 is 2.10 bits per heavy atom. The molecule has 0 bridgehead atoms. The van der Waals surface area contributed by atoms with Gasteiger partial charge in [0.05, 0.1) is 7.11 Å². The second-order valence-electron chi connectivity index (χ2n) is 4.86. The monoisotopic (exact) mass is 285 g/mol. The van der Waals surface area contributed by atoms with E-state index in [1.807, 2.05) is 13.0 Å². The van der Waals surface area contributed by atoms with E-state index in [1.165, 1.54) is 11.3 Å². The molecule has 110 valence electrons. The molecule has 0 radical (unpaired) electrons. The molecular formula is C15H19N5O. The van der Waals surface area contributed by atoms with E-state index in [4.69, 9.17) is 4.74 Å². The highest BCUT2D eigenvalue weighted by Crippen LogP contribution is 2.32. The molecule has 0 unspecified atom stereocenters. The molecule has 0 amide bonds. The fourth-order valence-corrected chi connectivity index (χ4v) is 2.54. The molecule has 0 spiro atoms. The van der Waals surface area contributed by atoms with Crippen molar-refractivity contribution in [1.29, 1.82) is 0 Å². The van der Waals surface area contributed by atoms with Crippen LogP contribution in [0.5, 0.6) is 6.01 Å². The SMILES string of the molecule is CCNc1nc(OC)nc(N2CCCc3ccccc32)n1. The largest absolute Gasteiger partial charge is 0.467 e. The number of hydrogen-bond acceptors (Lipinski definition) is 6. The maximum atomic E-state index is 5.19. The van der Waals surface area contributed by atoms with E-state index in [9.17, 15) is 0 Å². The Balaban J connectivity index is 2.02. The lowest BCUT2D eigenvalue weighted by Gasteiger charge is -2.29. The molecule has 0 aliphatic carbocycles. The molecule has 1 aliphatic rings. The number of methoxy groups -OCH3 is 1. The number of ether oxygens (including phenoxy) is 1. The van der Waals surface area contributed by atoms with Gasteiger partial charge in [-0.05, 0) is 31.4 Å². The number of fused-ring (bicyclic) bond motifs is 1. The van der Waals surface area contributed by atoms with Gasteiger partial charge in [-0.25, -0.2) is 0 Å². The summed E-state index contributed by atoms with van der Waals surface area (Å²) in [6, 6.07) is 8.71. The first-order valence-corrected chi connectivity index (χ1v) is 7.21. The summed E-state index contributed by atoms with van der Waals surface area (Å²) < 4.78 is 5.19. The molecule has 1 aliphatic heterocycles. The summed E-state index contributed by atoms with van der Waals surface area (Å²) in [7, 11) is 1.57. The van der Waals surface area contributed by atoms with Crippen molar-refractivity contribution < 1.29 is 4.74 Å². The minimum absolute atomic E-state index is 0.332. The van der Waals surface area contributed by atoms with Crippen LogP contribution in [0, 0.1) is 0 Å². The lowest BCUT2D eigenvalue weighted by Crippen LogP contribution is -2.26. The normalized spacial score (nSPS) is 13.7. The summed E-state index contributed by atoms with van der Waals surface area (Å²) in [4.78, 5) is 15.2. The maximum Gasteiger partial charge on any atom is 0.322 e. The molecule has 0 saturated heterocycles. The Hall–Kier alpha value is -2.37. The number of benzene rings is 1. The molecule has 6 nitrogen and oxygen atoms in total. The van der Waals surface area contributed by atoms with Crippen LogP contribution in [0.3, 0.4) is 0 Å². The van der Waals surface area contributed by atoms with Gasteiger partial charge in [0.15, 0.2) is 0 Å². The van der Waals surface area contributed by atoms with Gasteiger partial charge in [-0.3, -0.25) is 0 Å². The highest BCUT2D eigenvalue weighted by atomic mass is 16.5. The minimum atomic E-state index is 0.332. The molecule has 21 heavy (non-hydrogen) atoms. The Kier molecular flexibility index (Phi) is 3.85. The van der Waals surface area contributed by atoms with Crippen molar-refractivity contribution in [2.45, 2.75) is 19.8 Å². The number of anilines is 3. The maximum absolute atomic E-state index is 5.19. The van der Waals surface area contributed by atoms with E-state index in [-0.39, 0.29) is 0 Å². The fourth-order valence-electron chi connectivity index (χ4n) is 2.54. The fraction of sp³-hybridized carbons (Fsp3) is 0.400.